The molecule has 0 saturated carbocycles. The Morgan fingerprint density at radius 3 is 2.58 bits per heavy atom. The maximum Gasteiger partial charge on any atom is 0.231 e. The van der Waals surface area contributed by atoms with Gasteiger partial charge in [0.2, 0.25) is 5.91 Å². The average molecular weight is 443 g/mol. The highest BCUT2D eigenvalue weighted by molar-refractivity contribution is 7.91. The second-order valence-electron chi connectivity index (χ2n) is 8.90. The summed E-state index contributed by atoms with van der Waals surface area (Å²) in [4.78, 5) is 16.1. The minimum Gasteiger partial charge on any atom is -0.491 e. The zero-order valence-corrected chi connectivity index (χ0v) is 19.2. The molecule has 1 amide bonds. The van der Waals surface area contributed by atoms with Crippen LogP contribution in [0.15, 0.2) is 47.4 Å². The molecule has 2 aromatic rings. The van der Waals surface area contributed by atoms with Crippen LogP contribution in [0.3, 0.4) is 0 Å². The molecule has 0 radical (unpaired) electrons. The van der Waals surface area contributed by atoms with Crippen molar-refractivity contribution in [1.29, 1.82) is 0 Å². The summed E-state index contributed by atoms with van der Waals surface area (Å²) in [6.07, 6.45) is 1.30. The molecule has 6 nitrogen and oxygen atoms in total. The first-order valence-corrected chi connectivity index (χ1v) is 12.5. The number of sulfone groups is 1. The van der Waals surface area contributed by atoms with Crippen molar-refractivity contribution in [2.24, 2.45) is 5.92 Å². The molecule has 0 aromatic heterocycles. The standard InChI is InChI=1S/C24H30N2O4S/c1-17(2)30-21-6-4-18(5-7-21)14-26-11-10-19(15-26)16-31(28,29)22-8-9-23-20(12-22)13-24(27)25(23)3/h4-9,12,17,19H,10-11,13-16H2,1-3H3/t19-/m1/s1. The highest BCUT2D eigenvalue weighted by Crippen LogP contribution is 2.31. The molecule has 2 aromatic carbocycles. The molecule has 1 saturated heterocycles. The Bertz CT molecular complexity index is 1060. The summed E-state index contributed by atoms with van der Waals surface area (Å²) in [5.41, 5.74) is 2.80. The summed E-state index contributed by atoms with van der Waals surface area (Å²) >= 11 is 0. The molecule has 166 valence electrons. The van der Waals surface area contributed by atoms with Gasteiger partial charge in [-0.2, -0.15) is 0 Å². The third-order valence-corrected chi connectivity index (χ3v) is 7.90. The van der Waals surface area contributed by atoms with Gasteiger partial charge in [0.25, 0.3) is 0 Å². The molecule has 0 unspecified atom stereocenters. The number of hydrogen-bond donors (Lipinski definition) is 0. The number of benzene rings is 2. The van der Waals surface area contributed by atoms with Crippen molar-refractivity contribution in [2.45, 2.75) is 44.2 Å². The van der Waals surface area contributed by atoms with Crippen molar-refractivity contribution in [2.75, 3.05) is 30.8 Å². The van der Waals surface area contributed by atoms with Crippen LogP contribution in [0.25, 0.3) is 0 Å². The minimum absolute atomic E-state index is 0.000200. The van der Waals surface area contributed by atoms with Gasteiger partial charge in [0.15, 0.2) is 9.84 Å². The molecule has 2 heterocycles. The molecular weight excluding hydrogens is 412 g/mol. The number of likely N-dealkylation sites (N-methyl/N-ethyl adjacent to an activating group) is 1. The van der Waals surface area contributed by atoms with Gasteiger partial charge < -0.3 is 9.64 Å². The van der Waals surface area contributed by atoms with Crippen LogP contribution in [0.4, 0.5) is 5.69 Å². The van der Waals surface area contributed by atoms with Gasteiger partial charge >= 0.3 is 0 Å². The highest BCUT2D eigenvalue weighted by atomic mass is 32.2. The van der Waals surface area contributed by atoms with E-state index in [0.717, 1.165) is 43.1 Å². The first kappa shape index (κ1) is 21.8. The third kappa shape index (κ3) is 4.93. The zero-order chi connectivity index (χ0) is 22.2. The highest BCUT2D eigenvalue weighted by Gasteiger charge is 2.30. The van der Waals surface area contributed by atoms with Crippen molar-refractivity contribution < 1.29 is 17.9 Å². The lowest BCUT2D eigenvalue weighted by Crippen LogP contribution is -2.23. The van der Waals surface area contributed by atoms with Crippen molar-refractivity contribution in [3.63, 3.8) is 0 Å². The number of rotatable bonds is 7. The summed E-state index contributed by atoms with van der Waals surface area (Å²) in [7, 11) is -1.66. The quantitative estimate of drug-likeness (QED) is 0.658. The fourth-order valence-electron chi connectivity index (χ4n) is 4.44. The Kier molecular flexibility index (Phi) is 6.08. The summed E-state index contributed by atoms with van der Waals surface area (Å²) in [5, 5.41) is 0. The van der Waals surface area contributed by atoms with Crippen LogP contribution < -0.4 is 9.64 Å². The molecule has 1 fully saturated rings. The lowest BCUT2D eigenvalue weighted by molar-refractivity contribution is -0.117. The lowest BCUT2D eigenvalue weighted by atomic mass is 10.1. The van der Waals surface area contributed by atoms with Crippen molar-refractivity contribution >= 4 is 21.4 Å². The number of ether oxygens (including phenoxy) is 1. The van der Waals surface area contributed by atoms with Gasteiger partial charge in [0, 0.05) is 25.8 Å². The zero-order valence-electron chi connectivity index (χ0n) is 18.4. The van der Waals surface area contributed by atoms with E-state index in [1.54, 1.807) is 30.1 Å². The van der Waals surface area contributed by atoms with Gasteiger partial charge in [-0.3, -0.25) is 9.69 Å². The minimum atomic E-state index is -3.39. The Hall–Kier alpha value is -2.38. The van der Waals surface area contributed by atoms with Crippen molar-refractivity contribution in [3.05, 3.63) is 53.6 Å². The first-order chi connectivity index (χ1) is 14.7. The molecule has 2 aliphatic rings. The summed E-state index contributed by atoms with van der Waals surface area (Å²) in [6.45, 7) is 6.50. The molecule has 0 N–H and O–H groups in total. The normalized spacial score (nSPS) is 19.3. The van der Waals surface area contributed by atoms with E-state index >= 15 is 0 Å². The number of likely N-dealkylation sites (tertiary alicyclic amines) is 1. The molecule has 0 spiro atoms. The molecule has 0 bridgehead atoms. The van der Waals surface area contributed by atoms with Gasteiger partial charge in [0.1, 0.15) is 5.75 Å². The summed E-state index contributed by atoms with van der Waals surface area (Å²) in [5.74, 6) is 1.13. The van der Waals surface area contributed by atoms with Crippen LogP contribution in [-0.2, 0) is 27.6 Å². The predicted molar refractivity (Wildman–Crippen MR) is 121 cm³/mol. The number of amides is 1. The first-order valence-electron chi connectivity index (χ1n) is 10.8. The maximum absolute atomic E-state index is 13.0. The number of hydrogen-bond acceptors (Lipinski definition) is 5. The van der Waals surface area contributed by atoms with Crippen LogP contribution in [0.2, 0.25) is 0 Å². The van der Waals surface area contributed by atoms with E-state index in [4.69, 9.17) is 4.74 Å². The van der Waals surface area contributed by atoms with Gasteiger partial charge in [-0.25, -0.2) is 8.42 Å². The number of carbonyl (C=O) groups excluding carboxylic acids is 1. The molecule has 0 aliphatic carbocycles. The average Bonchev–Trinajstić information content (AvgIpc) is 3.26. The fourth-order valence-corrected chi connectivity index (χ4v) is 6.13. The van der Waals surface area contributed by atoms with E-state index in [1.807, 2.05) is 26.0 Å². The Morgan fingerprint density at radius 1 is 1.13 bits per heavy atom. The number of nitrogens with zero attached hydrogens (tertiary/aromatic N) is 2. The molecule has 2 aliphatic heterocycles. The van der Waals surface area contributed by atoms with Gasteiger partial charge in [-0.05, 0) is 74.2 Å². The van der Waals surface area contributed by atoms with E-state index in [1.165, 1.54) is 5.56 Å². The van der Waals surface area contributed by atoms with Crippen LogP contribution in [0.5, 0.6) is 5.75 Å². The third-order valence-electron chi connectivity index (χ3n) is 6.01. The van der Waals surface area contributed by atoms with Gasteiger partial charge in [0.05, 0.1) is 23.2 Å². The van der Waals surface area contributed by atoms with E-state index in [9.17, 15) is 13.2 Å². The van der Waals surface area contributed by atoms with Gasteiger partial charge in [-0.15, -0.1) is 0 Å². The van der Waals surface area contributed by atoms with Crippen LogP contribution in [-0.4, -0.2) is 51.2 Å². The van der Waals surface area contributed by atoms with Crippen molar-refractivity contribution in [1.82, 2.24) is 4.90 Å². The fraction of sp³-hybridized carbons (Fsp3) is 0.458. The second kappa shape index (κ2) is 8.63. The van der Waals surface area contributed by atoms with Crippen LogP contribution >= 0.6 is 0 Å². The largest absolute Gasteiger partial charge is 0.491 e. The maximum atomic E-state index is 13.0. The number of fused-ring (bicyclic) bond motifs is 1. The topological polar surface area (TPSA) is 66.9 Å². The van der Waals surface area contributed by atoms with Crippen LogP contribution in [0.1, 0.15) is 31.4 Å². The monoisotopic (exact) mass is 442 g/mol. The van der Waals surface area contributed by atoms with Crippen molar-refractivity contribution in [3.8, 4) is 5.75 Å². The Labute approximate surface area is 184 Å². The SMILES string of the molecule is CC(C)Oc1ccc(CN2CC[C@@H](CS(=O)(=O)c3ccc4c(c3)CC(=O)N4C)C2)cc1. The van der Waals surface area contributed by atoms with E-state index in [2.05, 4.69) is 17.0 Å². The smallest absolute Gasteiger partial charge is 0.231 e. The summed E-state index contributed by atoms with van der Waals surface area (Å²) < 4.78 is 31.7. The molecule has 4 rings (SSSR count). The Balaban J connectivity index is 1.35. The van der Waals surface area contributed by atoms with Crippen LogP contribution in [0, 0.1) is 5.92 Å². The van der Waals surface area contributed by atoms with E-state index in [-0.39, 0.29) is 30.1 Å². The Morgan fingerprint density at radius 2 is 1.87 bits per heavy atom. The molecular formula is C24H30N2O4S. The number of carbonyl (C=O) groups is 1. The van der Waals surface area contributed by atoms with Gasteiger partial charge in [-0.1, -0.05) is 12.1 Å². The lowest BCUT2D eigenvalue weighted by Gasteiger charge is -2.17. The molecule has 7 heteroatoms. The predicted octanol–water partition coefficient (Wildman–Crippen LogP) is 3.29. The molecule has 1 atom stereocenters. The number of anilines is 1. The summed E-state index contributed by atoms with van der Waals surface area (Å²) in [6, 6.07) is 13.2. The van der Waals surface area contributed by atoms with E-state index < -0.39 is 9.84 Å². The molecule has 31 heavy (non-hydrogen) atoms. The van der Waals surface area contributed by atoms with E-state index in [0.29, 0.717) is 4.90 Å². The second-order valence-corrected chi connectivity index (χ2v) is 10.9.